The van der Waals surface area contributed by atoms with Gasteiger partial charge in [-0.05, 0) is 103 Å². The first-order valence-electron chi connectivity index (χ1n) is 29.1. The van der Waals surface area contributed by atoms with Crippen LogP contribution in [-0.2, 0) is 33.2 Å². The number of hydrogen-bond acceptors (Lipinski definition) is 14. The van der Waals surface area contributed by atoms with Gasteiger partial charge in [0.05, 0.1) is 26.4 Å². The zero-order valence-corrected chi connectivity index (χ0v) is 46.9. The molecule has 438 valence electrons. The Kier molecular flexibility index (Phi) is 43.6. The maximum atomic E-state index is 13.1. The normalized spacial score (nSPS) is 25.2. The second-order valence-electron chi connectivity index (χ2n) is 19.7. The average molecular weight is 1080 g/mol. The molecule has 0 spiro atoms. The van der Waals surface area contributed by atoms with E-state index in [1.165, 1.54) is 44.9 Å². The average Bonchev–Trinajstić information content (AvgIpc) is 3.43. The standard InChI is InChI=1S/C63H102O14/c1-3-5-7-9-11-13-15-17-19-21-23-25-26-27-28-30-32-34-36-38-40-42-44-46-55(65)75-52(49-72-47-45-43-41-39-37-35-33-31-29-24-22-20-18-16-14-12-10-8-6-4-2)50-73-62-61(71)59(69)57(67)54(77-62)51-74-63-60(70)58(68)56(66)53(48-64)76-63/h5,7,11-14,17-20,23-25,27-29,32,34,38,40,52-54,56-64,66-71H,3-4,6,8-10,15-16,21-22,26,30-31,33,35-37,39,41-51H2,1-2H3/b7-5-,13-11-,14-12-,19-17-,20-18-,25-23-,28-27-,29-24-,34-32-,40-38-. The SMILES string of the molecule is CC/C=C\C/C=C\C/C=C\C/C=C\C/C=C\C/C=C\C/C=C\CCCC(=O)OC(COCCCCCCCCC/C=C\C/C=C\C/C=C\CCCCC)COC1OC(COC2OC(CO)C(O)C(O)C2O)C(O)C(O)C1O. The molecule has 0 amide bonds. The van der Waals surface area contributed by atoms with Gasteiger partial charge in [0.25, 0.3) is 0 Å². The van der Waals surface area contributed by atoms with E-state index in [-0.39, 0.29) is 19.6 Å². The van der Waals surface area contributed by atoms with Crippen LogP contribution in [-0.4, -0.2) is 142 Å². The Hall–Kier alpha value is -3.61. The highest BCUT2D eigenvalue weighted by molar-refractivity contribution is 5.69. The van der Waals surface area contributed by atoms with Crippen LogP contribution in [0.25, 0.3) is 0 Å². The first kappa shape index (κ1) is 69.5. The van der Waals surface area contributed by atoms with Crippen LogP contribution in [0, 0.1) is 0 Å². The van der Waals surface area contributed by atoms with Crippen LogP contribution in [0.1, 0.15) is 168 Å². The van der Waals surface area contributed by atoms with Crippen LogP contribution in [0.4, 0.5) is 0 Å². The summed E-state index contributed by atoms with van der Waals surface area (Å²) < 4.78 is 34.3. The van der Waals surface area contributed by atoms with E-state index in [0.29, 0.717) is 19.4 Å². The van der Waals surface area contributed by atoms with E-state index in [4.69, 9.17) is 28.4 Å². The molecule has 0 aliphatic carbocycles. The van der Waals surface area contributed by atoms with E-state index < -0.39 is 86.7 Å². The lowest BCUT2D eigenvalue weighted by Crippen LogP contribution is -2.61. The lowest BCUT2D eigenvalue weighted by Gasteiger charge is -2.42. The molecule has 0 aromatic carbocycles. The molecular formula is C63H102O14. The highest BCUT2D eigenvalue weighted by Gasteiger charge is 2.47. The number of aliphatic hydroxyl groups excluding tert-OH is 7. The molecule has 2 aliphatic rings. The van der Waals surface area contributed by atoms with E-state index in [9.17, 15) is 40.5 Å². The molecule has 2 rings (SSSR count). The minimum Gasteiger partial charge on any atom is -0.457 e. The summed E-state index contributed by atoms with van der Waals surface area (Å²) in [6.07, 6.45) is 51.1. The highest BCUT2D eigenvalue weighted by atomic mass is 16.7. The van der Waals surface area contributed by atoms with E-state index >= 15 is 0 Å². The van der Waals surface area contributed by atoms with Crippen molar-refractivity contribution in [3.8, 4) is 0 Å². The number of aliphatic hydroxyl groups is 7. The monoisotopic (exact) mass is 1080 g/mol. The summed E-state index contributed by atoms with van der Waals surface area (Å²) in [6.45, 7) is 3.42. The number of allylic oxidation sites excluding steroid dienone is 20. The zero-order valence-electron chi connectivity index (χ0n) is 46.9. The third-order valence-electron chi connectivity index (χ3n) is 13.0. The Bertz CT molecular complexity index is 1730. The Morgan fingerprint density at radius 3 is 1.32 bits per heavy atom. The number of esters is 1. The third-order valence-corrected chi connectivity index (χ3v) is 13.0. The molecule has 2 saturated heterocycles. The van der Waals surface area contributed by atoms with Crippen LogP contribution < -0.4 is 0 Å². The van der Waals surface area contributed by atoms with Gasteiger partial charge in [-0.3, -0.25) is 4.79 Å². The van der Waals surface area contributed by atoms with Crippen molar-refractivity contribution in [3.05, 3.63) is 122 Å². The first-order chi connectivity index (χ1) is 37.6. The van der Waals surface area contributed by atoms with Gasteiger partial charge in [0.1, 0.15) is 54.9 Å². The second-order valence-corrected chi connectivity index (χ2v) is 19.7. The number of unbranched alkanes of at least 4 members (excludes halogenated alkanes) is 11. The molecule has 11 unspecified atom stereocenters. The molecule has 77 heavy (non-hydrogen) atoms. The van der Waals surface area contributed by atoms with E-state index in [0.717, 1.165) is 89.9 Å². The van der Waals surface area contributed by atoms with Crippen molar-refractivity contribution in [2.45, 2.75) is 235 Å². The summed E-state index contributed by atoms with van der Waals surface area (Å²) in [5.41, 5.74) is 0. The highest BCUT2D eigenvalue weighted by Crippen LogP contribution is 2.26. The van der Waals surface area contributed by atoms with Crippen LogP contribution in [0.15, 0.2) is 122 Å². The minimum absolute atomic E-state index is 0.0225. The quantitative estimate of drug-likeness (QED) is 0.0172. The molecule has 0 aromatic rings. The van der Waals surface area contributed by atoms with Crippen molar-refractivity contribution < 1.29 is 69.0 Å². The van der Waals surface area contributed by atoms with Crippen molar-refractivity contribution in [1.29, 1.82) is 0 Å². The van der Waals surface area contributed by atoms with Crippen molar-refractivity contribution in [2.24, 2.45) is 0 Å². The number of ether oxygens (including phenoxy) is 6. The fourth-order valence-electron chi connectivity index (χ4n) is 8.28. The van der Waals surface area contributed by atoms with Gasteiger partial charge in [0.2, 0.25) is 0 Å². The number of carbonyl (C=O) groups is 1. The number of hydrogen-bond donors (Lipinski definition) is 7. The predicted octanol–water partition coefficient (Wildman–Crippen LogP) is 10.5. The summed E-state index contributed by atoms with van der Waals surface area (Å²) in [5, 5.41) is 72.4. The van der Waals surface area contributed by atoms with E-state index in [1.807, 2.05) is 6.08 Å². The lowest BCUT2D eigenvalue weighted by atomic mass is 9.98. The molecule has 14 nitrogen and oxygen atoms in total. The van der Waals surface area contributed by atoms with E-state index in [1.54, 1.807) is 0 Å². The summed E-state index contributed by atoms with van der Waals surface area (Å²) >= 11 is 0. The van der Waals surface area contributed by atoms with Gasteiger partial charge in [-0.25, -0.2) is 0 Å². The van der Waals surface area contributed by atoms with Crippen LogP contribution >= 0.6 is 0 Å². The van der Waals surface area contributed by atoms with Crippen LogP contribution in [0.2, 0.25) is 0 Å². The maximum absolute atomic E-state index is 13.1. The van der Waals surface area contributed by atoms with Gasteiger partial charge in [-0.2, -0.15) is 0 Å². The van der Waals surface area contributed by atoms with Gasteiger partial charge in [0.15, 0.2) is 12.6 Å². The Morgan fingerprint density at radius 2 is 0.844 bits per heavy atom. The van der Waals surface area contributed by atoms with Gasteiger partial charge >= 0.3 is 5.97 Å². The summed E-state index contributed by atoms with van der Waals surface area (Å²) in [7, 11) is 0. The Balaban J connectivity index is 1.77. The number of carbonyl (C=O) groups excluding carboxylic acids is 1. The fraction of sp³-hybridized carbons (Fsp3) is 0.667. The summed E-state index contributed by atoms with van der Waals surface area (Å²) in [5.74, 6) is -0.442. The molecule has 0 saturated carbocycles. The second kappa shape index (κ2) is 48.3. The largest absolute Gasteiger partial charge is 0.457 e. The van der Waals surface area contributed by atoms with Crippen LogP contribution in [0.5, 0.6) is 0 Å². The number of rotatable bonds is 45. The maximum Gasteiger partial charge on any atom is 0.306 e. The predicted molar refractivity (Wildman–Crippen MR) is 307 cm³/mol. The van der Waals surface area contributed by atoms with Gasteiger partial charge in [0, 0.05) is 13.0 Å². The minimum atomic E-state index is -1.73. The van der Waals surface area contributed by atoms with Crippen molar-refractivity contribution in [3.63, 3.8) is 0 Å². The Labute approximate surface area is 463 Å². The fourth-order valence-corrected chi connectivity index (χ4v) is 8.28. The molecule has 11 atom stereocenters. The molecule has 2 heterocycles. The topological polar surface area (TPSA) is 214 Å². The first-order valence-corrected chi connectivity index (χ1v) is 29.1. The molecule has 0 radical (unpaired) electrons. The molecule has 2 aliphatic heterocycles. The van der Waals surface area contributed by atoms with Gasteiger partial charge < -0.3 is 64.2 Å². The molecule has 0 bridgehead atoms. The van der Waals surface area contributed by atoms with Crippen LogP contribution in [0.3, 0.4) is 0 Å². The molecule has 0 aromatic heterocycles. The third kappa shape index (κ3) is 34.9. The summed E-state index contributed by atoms with van der Waals surface area (Å²) in [6, 6.07) is 0. The lowest BCUT2D eigenvalue weighted by molar-refractivity contribution is -0.332. The van der Waals surface area contributed by atoms with Gasteiger partial charge in [-0.1, -0.05) is 180 Å². The molecular weight excluding hydrogens is 981 g/mol. The Morgan fingerprint density at radius 1 is 0.442 bits per heavy atom. The van der Waals surface area contributed by atoms with Crippen molar-refractivity contribution in [2.75, 3.05) is 33.0 Å². The zero-order chi connectivity index (χ0) is 55.8. The van der Waals surface area contributed by atoms with Gasteiger partial charge in [-0.15, -0.1) is 0 Å². The molecule has 14 heteroatoms. The van der Waals surface area contributed by atoms with Crippen molar-refractivity contribution in [1.82, 2.24) is 0 Å². The van der Waals surface area contributed by atoms with Crippen molar-refractivity contribution >= 4 is 5.97 Å². The smallest absolute Gasteiger partial charge is 0.306 e. The molecule has 7 N–H and O–H groups in total. The summed E-state index contributed by atoms with van der Waals surface area (Å²) in [4.78, 5) is 13.1. The molecule has 2 fully saturated rings. The van der Waals surface area contributed by atoms with E-state index in [2.05, 4.69) is 129 Å².